The highest BCUT2D eigenvalue weighted by Gasteiger charge is 2.15. The fourth-order valence-corrected chi connectivity index (χ4v) is 3.03. The molecule has 0 saturated heterocycles. The van der Waals surface area contributed by atoms with E-state index in [0.717, 1.165) is 15.8 Å². The number of ether oxygens (including phenoxy) is 1. The maximum Gasteiger partial charge on any atom is 0.165 e. The average Bonchev–Trinajstić information content (AvgIpc) is 3.18. The van der Waals surface area contributed by atoms with E-state index >= 15 is 0 Å². The standard InChI is InChI=1S/C17H13BrFN5O/c1-10-21-17(11-3-6-16-20-8-15(18)23(16)9-11)24(22-10)12-4-5-13(19)14(7-12)25-2/h3-9H,1-2H3. The SMILES string of the molecule is COc1cc(-n2nc(C)nc2-c2ccc3ncc(Br)n3c2)ccc1F. The molecule has 0 atom stereocenters. The van der Waals surface area contributed by atoms with Gasteiger partial charge in [-0.15, -0.1) is 0 Å². The molecule has 0 amide bonds. The Hall–Kier alpha value is -2.74. The fraction of sp³-hybridized carbons (Fsp3) is 0.118. The van der Waals surface area contributed by atoms with E-state index in [4.69, 9.17) is 4.74 Å². The summed E-state index contributed by atoms with van der Waals surface area (Å²) in [6.07, 6.45) is 3.66. The van der Waals surface area contributed by atoms with Crippen molar-refractivity contribution in [3.8, 4) is 22.8 Å². The molecule has 3 heterocycles. The Bertz CT molecular complexity index is 1090. The van der Waals surface area contributed by atoms with Crippen molar-refractivity contribution in [1.82, 2.24) is 24.1 Å². The topological polar surface area (TPSA) is 57.2 Å². The van der Waals surface area contributed by atoms with Crippen molar-refractivity contribution in [3.05, 3.63) is 59.0 Å². The molecule has 0 fully saturated rings. The number of fused-ring (bicyclic) bond motifs is 1. The monoisotopic (exact) mass is 401 g/mol. The quantitative estimate of drug-likeness (QED) is 0.523. The maximum absolute atomic E-state index is 13.7. The summed E-state index contributed by atoms with van der Waals surface area (Å²) in [5.74, 6) is 0.995. The van der Waals surface area contributed by atoms with Crippen molar-refractivity contribution >= 4 is 21.6 Å². The number of rotatable bonds is 3. The van der Waals surface area contributed by atoms with Gasteiger partial charge in [0.25, 0.3) is 0 Å². The Morgan fingerprint density at radius 1 is 1.20 bits per heavy atom. The van der Waals surface area contributed by atoms with Gasteiger partial charge in [-0.3, -0.25) is 4.40 Å². The average molecular weight is 402 g/mol. The zero-order chi connectivity index (χ0) is 17.6. The second kappa shape index (κ2) is 5.96. The number of halogens is 2. The number of aryl methyl sites for hydroxylation is 1. The number of hydrogen-bond donors (Lipinski definition) is 0. The van der Waals surface area contributed by atoms with Crippen molar-refractivity contribution in [3.63, 3.8) is 0 Å². The number of pyridine rings is 1. The fourth-order valence-electron chi connectivity index (χ4n) is 2.65. The van der Waals surface area contributed by atoms with Crippen LogP contribution in [0.1, 0.15) is 5.82 Å². The molecule has 4 aromatic rings. The molecular formula is C17H13BrFN5O. The third-order valence-electron chi connectivity index (χ3n) is 3.81. The molecule has 0 aliphatic rings. The lowest BCUT2D eigenvalue weighted by Gasteiger charge is -2.09. The molecule has 3 aromatic heterocycles. The minimum absolute atomic E-state index is 0.157. The summed E-state index contributed by atoms with van der Waals surface area (Å²) in [5.41, 5.74) is 2.34. The van der Waals surface area contributed by atoms with Crippen LogP contribution in [0.5, 0.6) is 5.75 Å². The van der Waals surface area contributed by atoms with Crippen LogP contribution in [0.25, 0.3) is 22.7 Å². The molecule has 0 spiro atoms. The Morgan fingerprint density at radius 3 is 2.84 bits per heavy atom. The second-order valence-electron chi connectivity index (χ2n) is 5.44. The molecule has 1 aromatic carbocycles. The van der Waals surface area contributed by atoms with Gasteiger partial charge in [0, 0.05) is 17.8 Å². The molecule has 0 radical (unpaired) electrons. The number of benzene rings is 1. The summed E-state index contributed by atoms with van der Waals surface area (Å²) in [6, 6.07) is 8.42. The summed E-state index contributed by atoms with van der Waals surface area (Å²) >= 11 is 3.47. The van der Waals surface area contributed by atoms with E-state index < -0.39 is 5.82 Å². The number of nitrogens with zero attached hydrogens (tertiary/aromatic N) is 5. The minimum atomic E-state index is -0.423. The molecule has 0 aliphatic heterocycles. The molecule has 0 N–H and O–H groups in total. The van der Waals surface area contributed by atoms with E-state index in [1.165, 1.54) is 13.2 Å². The van der Waals surface area contributed by atoms with Gasteiger partial charge in [0.1, 0.15) is 16.1 Å². The van der Waals surface area contributed by atoms with E-state index in [-0.39, 0.29) is 5.75 Å². The molecule has 4 rings (SSSR count). The van der Waals surface area contributed by atoms with Crippen LogP contribution in [-0.4, -0.2) is 31.3 Å². The van der Waals surface area contributed by atoms with E-state index in [2.05, 4.69) is 31.0 Å². The van der Waals surface area contributed by atoms with Gasteiger partial charge in [-0.2, -0.15) is 5.10 Å². The van der Waals surface area contributed by atoms with Crippen molar-refractivity contribution < 1.29 is 9.13 Å². The van der Waals surface area contributed by atoms with Crippen LogP contribution in [0.15, 0.2) is 47.3 Å². The molecule has 126 valence electrons. The highest BCUT2D eigenvalue weighted by atomic mass is 79.9. The molecule has 6 nitrogen and oxygen atoms in total. The van der Waals surface area contributed by atoms with Crippen molar-refractivity contribution in [2.24, 2.45) is 0 Å². The first-order valence-corrected chi connectivity index (χ1v) is 8.26. The lowest BCUT2D eigenvalue weighted by atomic mass is 10.2. The zero-order valence-electron chi connectivity index (χ0n) is 13.4. The van der Waals surface area contributed by atoms with Gasteiger partial charge in [-0.05, 0) is 47.1 Å². The van der Waals surface area contributed by atoms with Crippen LogP contribution >= 0.6 is 15.9 Å². The predicted molar refractivity (Wildman–Crippen MR) is 94.5 cm³/mol. The Kier molecular flexibility index (Phi) is 3.76. The largest absolute Gasteiger partial charge is 0.494 e. The van der Waals surface area contributed by atoms with Crippen LogP contribution in [-0.2, 0) is 0 Å². The first-order valence-electron chi connectivity index (χ1n) is 7.47. The highest BCUT2D eigenvalue weighted by Crippen LogP contribution is 2.26. The first kappa shape index (κ1) is 15.8. The summed E-state index contributed by atoms with van der Waals surface area (Å²) < 4.78 is 23.2. The second-order valence-corrected chi connectivity index (χ2v) is 6.25. The summed E-state index contributed by atoms with van der Waals surface area (Å²) in [7, 11) is 1.43. The Morgan fingerprint density at radius 2 is 2.04 bits per heavy atom. The number of aromatic nitrogens is 5. The van der Waals surface area contributed by atoms with Gasteiger partial charge in [0.05, 0.1) is 19.0 Å². The molecule has 0 saturated carbocycles. The summed E-state index contributed by atoms with van der Waals surface area (Å²) in [4.78, 5) is 8.81. The van der Waals surface area contributed by atoms with Gasteiger partial charge < -0.3 is 4.74 Å². The van der Waals surface area contributed by atoms with E-state index in [1.54, 1.807) is 23.0 Å². The summed E-state index contributed by atoms with van der Waals surface area (Å²) in [5, 5.41) is 4.44. The number of imidazole rings is 1. The summed E-state index contributed by atoms with van der Waals surface area (Å²) in [6.45, 7) is 1.81. The van der Waals surface area contributed by atoms with Gasteiger partial charge >= 0.3 is 0 Å². The van der Waals surface area contributed by atoms with Crippen LogP contribution in [0, 0.1) is 12.7 Å². The number of hydrogen-bond acceptors (Lipinski definition) is 4. The van der Waals surface area contributed by atoms with Gasteiger partial charge in [-0.25, -0.2) is 19.0 Å². The maximum atomic E-state index is 13.7. The third kappa shape index (κ3) is 2.68. The molecular weight excluding hydrogens is 389 g/mol. The lowest BCUT2D eigenvalue weighted by Crippen LogP contribution is -2.02. The van der Waals surface area contributed by atoms with Crippen LogP contribution in [0.4, 0.5) is 4.39 Å². The zero-order valence-corrected chi connectivity index (χ0v) is 15.0. The van der Waals surface area contributed by atoms with Gasteiger partial charge in [-0.1, -0.05) is 0 Å². The third-order valence-corrected chi connectivity index (χ3v) is 4.40. The van der Waals surface area contributed by atoms with E-state index in [1.807, 2.05) is 29.7 Å². The van der Waals surface area contributed by atoms with Gasteiger partial charge in [0.2, 0.25) is 0 Å². The van der Waals surface area contributed by atoms with Crippen LogP contribution < -0.4 is 4.74 Å². The van der Waals surface area contributed by atoms with Crippen molar-refractivity contribution in [1.29, 1.82) is 0 Å². The predicted octanol–water partition coefficient (Wildman–Crippen LogP) is 3.80. The van der Waals surface area contributed by atoms with Crippen LogP contribution in [0.2, 0.25) is 0 Å². The number of methoxy groups -OCH3 is 1. The highest BCUT2D eigenvalue weighted by molar-refractivity contribution is 9.10. The van der Waals surface area contributed by atoms with Gasteiger partial charge in [0.15, 0.2) is 17.4 Å². The lowest BCUT2D eigenvalue weighted by molar-refractivity contribution is 0.386. The minimum Gasteiger partial charge on any atom is -0.494 e. The smallest absolute Gasteiger partial charge is 0.165 e. The van der Waals surface area contributed by atoms with E-state index in [0.29, 0.717) is 17.3 Å². The molecule has 0 aliphatic carbocycles. The molecule has 25 heavy (non-hydrogen) atoms. The Balaban J connectivity index is 1.89. The van der Waals surface area contributed by atoms with Crippen LogP contribution in [0.3, 0.4) is 0 Å². The van der Waals surface area contributed by atoms with Crippen molar-refractivity contribution in [2.75, 3.05) is 7.11 Å². The van der Waals surface area contributed by atoms with E-state index in [9.17, 15) is 4.39 Å². The van der Waals surface area contributed by atoms with Crippen molar-refractivity contribution in [2.45, 2.75) is 6.92 Å². The molecule has 8 heteroatoms. The molecule has 0 unspecified atom stereocenters. The first-order chi connectivity index (χ1) is 12.1. The Labute approximate surface area is 151 Å². The normalized spacial score (nSPS) is 11.2. The molecule has 0 bridgehead atoms.